The fourth-order valence-corrected chi connectivity index (χ4v) is 4.62. The van der Waals surface area contributed by atoms with Gasteiger partial charge in [-0.25, -0.2) is 8.42 Å². The molecule has 1 N–H and O–H groups in total. The molecule has 0 aliphatic carbocycles. The second-order valence-corrected chi connectivity index (χ2v) is 10.6. The van der Waals surface area contributed by atoms with Crippen LogP contribution in [-0.2, 0) is 26.2 Å². The normalized spacial score (nSPS) is 12.2. The van der Waals surface area contributed by atoms with Crippen molar-refractivity contribution in [2.24, 2.45) is 0 Å². The van der Waals surface area contributed by atoms with Gasteiger partial charge in [-0.2, -0.15) is 0 Å². The van der Waals surface area contributed by atoms with Gasteiger partial charge in [0.25, 0.3) is 0 Å². The van der Waals surface area contributed by atoms with Crippen molar-refractivity contribution in [3.05, 3.63) is 63.6 Å². The molecular formula is C22H27BrClN3O4S. The molecular weight excluding hydrogens is 518 g/mol. The summed E-state index contributed by atoms with van der Waals surface area (Å²) in [6.07, 6.45) is 1.49. The van der Waals surface area contributed by atoms with Crippen LogP contribution in [0.5, 0.6) is 0 Å². The Hall–Kier alpha value is -2.10. The Morgan fingerprint density at radius 2 is 1.81 bits per heavy atom. The zero-order valence-electron chi connectivity index (χ0n) is 18.2. The standard InChI is InChI=1S/C22H27BrClN3O4S/c1-16(22(29)25-2)26(15-17-9-11-18(23)12-10-17)21(28)8-5-13-27(32(3,30)31)20-7-4-6-19(24)14-20/h4,6-7,9-12,14,16H,5,8,13,15H2,1-3H3,(H,25,29)/t16-/m0/s1. The molecule has 2 aromatic carbocycles. The third-order valence-corrected chi connectivity index (χ3v) is 6.89. The topological polar surface area (TPSA) is 86.8 Å². The average Bonchev–Trinajstić information content (AvgIpc) is 2.74. The predicted octanol–water partition coefficient (Wildman–Crippen LogP) is 3.81. The van der Waals surface area contributed by atoms with Crippen LogP contribution in [0.15, 0.2) is 53.0 Å². The molecule has 32 heavy (non-hydrogen) atoms. The van der Waals surface area contributed by atoms with Crippen LogP contribution in [0, 0.1) is 0 Å². The summed E-state index contributed by atoms with van der Waals surface area (Å²) in [5, 5.41) is 3.00. The summed E-state index contributed by atoms with van der Waals surface area (Å²) in [6.45, 7) is 2.06. The monoisotopic (exact) mass is 543 g/mol. The molecule has 0 saturated carbocycles. The van der Waals surface area contributed by atoms with Crippen LogP contribution < -0.4 is 9.62 Å². The second kappa shape index (κ2) is 11.7. The first kappa shape index (κ1) is 26.2. The van der Waals surface area contributed by atoms with Gasteiger partial charge < -0.3 is 10.2 Å². The predicted molar refractivity (Wildman–Crippen MR) is 131 cm³/mol. The number of benzene rings is 2. The number of hydrogen-bond donors (Lipinski definition) is 1. The van der Waals surface area contributed by atoms with Crippen LogP contribution in [0.3, 0.4) is 0 Å². The molecule has 0 radical (unpaired) electrons. The van der Waals surface area contributed by atoms with Gasteiger partial charge >= 0.3 is 0 Å². The Balaban J connectivity index is 2.13. The molecule has 2 aromatic rings. The first-order valence-corrected chi connectivity index (χ1v) is 13.0. The Morgan fingerprint density at radius 1 is 1.16 bits per heavy atom. The van der Waals surface area contributed by atoms with Crippen LogP contribution in [0.4, 0.5) is 5.69 Å². The molecule has 0 unspecified atom stereocenters. The van der Waals surface area contributed by atoms with Crippen molar-refractivity contribution in [1.82, 2.24) is 10.2 Å². The lowest BCUT2D eigenvalue weighted by molar-refractivity contribution is -0.140. The third kappa shape index (κ3) is 7.50. The zero-order chi connectivity index (χ0) is 23.9. The van der Waals surface area contributed by atoms with Crippen LogP contribution in [0.1, 0.15) is 25.3 Å². The minimum Gasteiger partial charge on any atom is -0.357 e. The van der Waals surface area contributed by atoms with Gasteiger partial charge in [0.2, 0.25) is 21.8 Å². The second-order valence-electron chi connectivity index (χ2n) is 7.36. The van der Waals surface area contributed by atoms with Crippen molar-refractivity contribution >= 4 is 55.1 Å². The maximum absolute atomic E-state index is 13.0. The molecule has 0 spiro atoms. The highest BCUT2D eigenvalue weighted by molar-refractivity contribution is 9.10. The van der Waals surface area contributed by atoms with E-state index in [2.05, 4.69) is 21.2 Å². The van der Waals surface area contributed by atoms with Crippen molar-refractivity contribution in [2.75, 3.05) is 24.2 Å². The summed E-state index contributed by atoms with van der Waals surface area (Å²) in [5.41, 5.74) is 1.33. The highest BCUT2D eigenvalue weighted by atomic mass is 79.9. The number of sulfonamides is 1. The summed E-state index contributed by atoms with van der Waals surface area (Å²) < 4.78 is 26.7. The van der Waals surface area contributed by atoms with E-state index in [1.165, 1.54) is 16.3 Å². The first-order valence-electron chi connectivity index (χ1n) is 10.0. The molecule has 0 aliphatic heterocycles. The van der Waals surface area contributed by atoms with E-state index in [1.54, 1.807) is 31.2 Å². The van der Waals surface area contributed by atoms with Crippen LogP contribution in [-0.4, -0.2) is 51.0 Å². The molecule has 0 aromatic heterocycles. The van der Waals surface area contributed by atoms with Gasteiger partial charge in [-0.05, 0) is 49.2 Å². The fraction of sp³-hybridized carbons (Fsp3) is 0.364. The van der Waals surface area contributed by atoms with Crippen molar-refractivity contribution in [2.45, 2.75) is 32.4 Å². The van der Waals surface area contributed by atoms with Crippen molar-refractivity contribution in [1.29, 1.82) is 0 Å². The highest BCUT2D eigenvalue weighted by Crippen LogP contribution is 2.23. The van der Waals surface area contributed by atoms with Crippen molar-refractivity contribution in [3.63, 3.8) is 0 Å². The Morgan fingerprint density at radius 3 is 2.38 bits per heavy atom. The fourth-order valence-electron chi connectivity index (χ4n) is 3.21. The molecule has 0 bridgehead atoms. The molecule has 0 aliphatic rings. The number of amides is 2. The SMILES string of the molecule is CNC(=O)[C@H](C)N(Cc1ccc(Br)cc1)C(=O)CCCN(c1cccc(Cl)c1)S(C)(=O)=O. The minimum absolute atomic E-state index is 0.0877. The van der Waals surface area contributed by atoms with E-state index in [4.69, 9.17) is 11.6 Å². The molecule has 0 fully saturated rings. The van der Waals surface area contributed by atoms with Gasteiger partial charge in [-0.1, -0.05) is 45.7 Å². The number of nitrogens with zero attached hydrogens (tertiary/aromatic N) is 2. The van der Waals surface area contributed by atoms with E-state index in [0.717, 1.165) is 16.3 Å². The van der Waals surface area contributed by atoms with E-state index in [1.807, 2.05) is 24.3 Å². The van der Waals surface area contributed by atoms with E-state index in [9.17, 15) is 18.0 Å². The van der Waals surface area contributed by atoms with E-state index in [0.29, 0.717) is 10.7 Å². The molecule has 2 rings (SSSR count). The van der Waals surface area contributed by atoms with Crippen molar-refractivity contribution in [3.8, 4) is 0 Å². The largest absolute Gasteiger partial charge is 0.357 e. The number of halogens is 2. The number of rotatable bonds is 10. The van der Waals surface area contributed by atoms with Crippen LogP contribution in [0.2, 0.25) is 5.02 Å². The zero-order valence-corrected chi connectivity index (χ0v) is 21.4. The Labute approximate surface area is 202 Å². The third-order valence-electron chi connectivity index (χ3n) is 4.93. The number of carbonyl (C=O) groups excluding carboxylic acids is 2. The maximum atomic E-state index is 13.0. The summed E-state index contributed by atoms with van der Waals surface area (Å²) in [5.74, 6) is -0.504. The van der Waals surface area contributed by atoms with Gasteiger partial charge in [0.15, 0.2) is 0 Å². The lowest BCUT2D eigenvalue weighted by Gasteiger charge is -2.29. The molecule has 1 atom stereocenters. The lowest BCUT2D eigenvalue weighted by atomic mass is 10.1. The van der Waals surface area contributed by atoms with Gasteiger partial charge in [0.05, 0.1) is 11.9 Å². The maximum Gasteiger partial charge on any atom is 0.242 e. The van der Waals surface area contributed by atoms with E-state index < -0.39 is 16.1 Å². The number of hydrogen-bond acceptors (Lipinski definition) is 4. The number of nitrogens with one attached hydrogen (secondary N) is 1. The van der Waals surface area contributed by atoms with Gasteiger partial charge in [-0.15, -0.1) is 0 Å². The van der Waals surface area contributed by atoms with Gasteiger partial charge in [0.1, 0.15) is 6.04 Å². The molecule has 10 heteroatoms. The molecule has 0 heterocycles. The molecule has 174 valence electrons. The van der Waals surface area contributed by atoms with Crippen LogP contribution in [0.25, 0.3) is 0 Å². The van der Waals surface area contributed by atoms with Crippen molar-refractivity contribution < 1.29 is 18.0 Å². The highest BCUT2D eigenvalue weighted by Gasteiger charge is 2.26. The first-order chi connectivity index (χ1) is 15.0. The molecule has 7 nitrogen and oxygen atoms in total. The summed E-state index contributed by atoms with van der Waals surface area (Å²) >= 11 is 9.39. The van der Waals surface area contributed by atoms with Gasteiger partial charge in [0, 0.05) is 36.1 Å². The summed E-state index contributed by atoms with van der Waals surface area (Å²) in [6, 6.07) is 13.4. The quantitative estimate of drug-likeness (QED) is 0.493. The number of carbonyl (C=O) groups is 2. The van der Waals surface area contributed by atoms with E-state index in [-0.39, 0.29) is 37.7 Å². The minimum atomic E-state index is -3.56. The summed E-state index contributed by atoms with van der Waals surface area (Å²) in [7, 11) is -2.03. The van der Waals surface area contributed by atoms with Gasteiger partial charge in [-0.3, -0.25) is 13.9 Å². The van der Waals surface area contributed by atoms with Crippen LogP contribution >= 0.6 is 27.5 Å². The van der Waals surface area contributed by atoms with E-state index >= 15 is 0 Å². The Bertz CT molecular complexity index is 1050. The Kier molecular flexibility index (Phi) is 9.54. The lowest BCUT2D eigenvalue weighted by Crippen LogP contribution is -2.46. The summed E-state index contributed by atoms with van der Waals surface area (Å²) in [4.78, 5) is 26.8. The number of likely N-dealkylation sites (N-methyl/N-ethyl adjacent to an activating group) is 1. The molecule has 2 amide bonds. The average molecular weight is 545 g/mol. The number of anilines is 1. The molecule has 0 saturated heterocycles. The smallest absolute Gasteiger partial charge is 0.242 e.